The van der Waals surface area contributed by atoms with E-state index in [-0.39, 0.29) is 12.6 Å². The third kappa shape index (κ3) is 2.29. The Morgan fingerprint density at radius 1 is 1.47 bits per heavy atom. The van der Waals surface area contributed by atoms with Crippen molar-refractivity contribution >= 4 is 0 Å². The number of benzene rings is 1. The molecular formula is C12H16FNO. The van der Waals surface area contributed by atoms with Crippen LogP contribution in [-0.2, 0) is 6.42 Å². The van der Waals surface area contributed by atoms with Gasteiger partial charge in [0.1, 0.15) is 19.0 Å². The summed E-state index contributed by atoms with van der Waals surface area (Å²) in [6.45, 7) is -0.318. The zero-order valence-electron chi connectivity index (χ0n) is 8.71. The molecule has 1 aromatic rings. The van der Waals surface area contributed by atoms with Gasteiger partial charge in [-0.3, -0.25) is 0 Å². The molecule has 0 aromatic heterocycles. The van der Waals surface area contributed by atoms with E-state index in [0.717, 1.165) is 25.0 Å². The number of ether oxygens (including phenoxy) is 1. The first kappa shape index (κ1) is 10.4. The molecule has 2 nitrogen and oxygen atoms in total. The second kappa shape index (κ2) is 4.62. The standard InChI is InChI=1S/C12H16FNO/c13-6-7-15-10-4-5-11-9(8-10)2-1-3-12(11)14/h4-5,8,12H,1-3,6-7,14H2. The summed E-state index contributed by atoms with van der Waals surface area (Å²) in [6.07, 6.45) is 3.23. The molecular weight excluding hydrogens is 193 g/mol. The number of alkyl halides is 1. The Morgan fingerprint density at radius 2 is 2.33 bits per heavy atom. The summed E-state index contributed by atoms with van der Waals surface area (Å²) in [5.74, 6) is 0.750. The maximum Gasteiger partial charge on any atom is 0.123 e. The fraction of sp³-hybridized carbons (Fsp3) is 0.500. The Balaban J connectivity index is 2.18. The molecule has 1 aliphatic carbocycles. The molecule has 0 spiro atoms. The topological polar surface area (TPSA) is 35.2 Å². The molecule has 0 bridgehead atoms. The van der Waals surface area contributed by atoms with Gasteiger partial charge in [-0.15, -0.1) is 0 Å². The van der Waals surface area contributed by atoms with Crippen LogP contribution >= 0.6 is 0 Å². The van der Waals surface area contributed by atoms with Crippen molar-refractivity contribution in [3.63, 3.8) is 0 Å². The van der Waals surface area contributed by atoms with Gasteiger partial charge in [-0.25, -0.2) is 4.39 Å². The minimum absolute atomic E-state index is 0.130. The van der Waals surface area contributed by atoms with E-state index >= 15 is 0 Å². The number of hydrogen-bond acceptors (Lipinski definition) is 2. The number of rotatable bonds is 3. The van der Waals surface area contributed by atoms with Gasteiger partial charge in [-0.2, -0.15) is 0 Å². The lowest BCUT2D eigenvalue weighted by Gasteiger charge is -2.22. The number of hydrogen-bond donors (Lipinski definition) is 1. The van der Waals surface area contributed by atoms with Crippen LogP contribution in [0.5, 0.6) is 5.75 Å². The maximum absolute atomic E-state index is 11.9. The van der Waals surface area contributed by atoms with Gasteiger partial charge in [-0.05, 0) is 42.5 Å². The number of halogens is 1. The van der Waals surface area contributed by atoms with E-state index in [2.05, 4.69) is 0 Å². The predicted octanol–water partition coefficient (Wildman–Crippen LogP) is 2.37. The van der Waals surface area contributed by atoms with Crippen LogP contribution < -0.4 is 10.5 Å². The van der Waals surface area contributed by atoms with Crippen LogP contribution in [-0.4, -0.2) is 13.3 Å². The molecule has 1 aromatic carbocycles. The molecule has 1 aliphatic rings. The fourth-order valence-electron chi connectivity index (χ4n) is 2.07. The molecule has 1 atom stereocenters. The molecule has 3 heteroatoms. The van der Waals surface area contributed by atoms with Crippen LogP contribution in [0.3, 0.4) is 0 Å². The molecule has 0 aliphatic heterocycles. The summed E-state index contributed by atoms with van der Waals surface area (Å²) in [6, 6.07) is 6.03. The monoisotopic (exact) mass is 209 g/mol. The number of aryl methyl sites for hydroxylation is 1. The summed E-state index contributed by atoms with van der Waals surface area (Å²) < 4.78 is 17.2. The average Bonchev–Trinajstić information content (AvgIpc) is 2.26. The van der Waals surface area contributed by atoms with Crippen molar-refractivity contribution in [2.45, 2.75) is 25.3 Å². The Morgan fingerprint density at radius 3 is 3.13 bits per heavy atom. The van der Waals surface area contributed by atoms with Crippen molar-refractivity contribution in [2.24, 2.45) is 5.73 Å². The first-order chi connectivity index (χ1) is 7.31. The van der Waals surface area contributed by atoms with Gasteiger partial charge in [0, 0.05) is 6.04 Å². The van der Waals surface area contributed by atoms with E-state index in [1.807, 2.05) is 18.2 Å². The molecule has 0 amide bonds. The zero-order chi connectivity index (χ0) is 10.7. The van der Waals surface area contributed by atoms with Crippen molar-refractivity contribution in [3.05, 3.63) is 29.3 Å². The molecule has 2 N–H and O–H groups in total. The van der Waals surface area contributed by atoms with Gasteiger partial charge in [0.15, 0.2) is 0 Å². The smallest absolute Gasteiger partial charge is 0.123 e. The summed E-state index contributed by atoms with van der Waals surface area (Å²) in [4.78, 5) is 0. The van der Waals surface area contributed by atoms with Crippen LogP contribution in [0.1, 0.15) is 30.0 Å². The van der Waals surface area contributed by atoms with Crippen LogP contribution in [0.2, 0.25) is 0 Å². The summed E-state index contributed by atoms with van der Waals surface area (Å²) in [7, 11) is 0. The van der Waals surface area contributed by atoms with E-state index in [1.54, 1.807) is 0 Å². The molecule has 0 saturated carbocycles. The lowest BCUT2D eigenvalue weighted by atomic mass is 9.88. The maximum atomic E-state index is 11.9. The molecule has 2 rings (SSSR count). The third-order valence-corrected chi connectivity index (χ3v) is 2.82. The second-order valence-electron chi connectivity index (χ2n) is 3.90. The Labute approximate surface area is 89.2 Å². The van der Waals surface area contributed by atoms with Crippen molar-refractivity contribution in [3.8, 4) is 5.75 Å². The third-order valence-electron chi connectivity index (χ3n) is 2.82. The Kier molecular flexibility index (Phi) is 3.21. The highest BCUT2D eigenvalue weighted by Crippen LogP contribution is 2.30. The fourth-order valence-corrected chi connectivity index (χ4v) is 2.07. The van der Waals surface area contributed by atoms with E-state index in [4.69, 9.17) is 10.5 Å². The van der Waals surface area contributed by atoms with E-state index in [0.29, 0.717) is 0 Å². The van der Waals surface area contributed by atoms with E-state index < -0.39 is 6.67 Å². The molecule has 15 heavy (non-hydrogen) atoms. The van der Waals surface area contributed by atoms with Crippen LogP contribution in [0.25, 0.3) is 0 Å². The zero-order valence-corrected chi connectivity index (χ0v) is 8.71. The first-order valence-corrected chi connectivity index (χ1v) is 5.38. The van der Waals surface area contributed by atoms with Crippen molar-refractivity contribution in [1.82, 2.24) is 0 Å². The number of nitrogens with two attached hydrogens (primary N) is 1. The van der Waals surface area contributed by atoms with Gasteiger partial charge < -0.3 is 10.5 Å². The molecule has 1 unspecified atom stereocenters. The van der Waals surface area contributed by atoms with Crippen LogP contribution in [0.15, 0.2) is 18.2 Å². The molecule has 82 valence electrons. The average molecular weight is 209 g/mol. The van der Waals surface area contributed by atoms with Crippen LogP contribution in [0.4, 0.5) is 4.39 Å². The minimum Gasteiger partial charge on any atom is -0.491 e. The van der Waals surface area contributed by atoms with E-state index in [9.17, 15) is 4.39 Å². The quantitative estimate of drug-likeness (QED) is 0.829. The lowest BCUT2D eigenvalue weighted by Crippen LogP contribution is -2.17. The highest BCUT2D eigenvalue weighted by atomic mass is 19.1. The number of fused-ring (bicyclic) bond motifs is 1. The molecule has 0 saturated heterocycles. The van der Waals surface area contributed by atoms with Gasteiger partial charge in [0.2, 0.25) is 0 Å². The summed E-state index contributed by atoms with van der Waals surface area (Å²) in [5.41, 5.74) is 8.47. The van der Waals surface area contributed by atoms with Gasteiger partial charge >= 0.3 is 0 Å². The SMILES string of the molecule is NC1CCCc2cc(OCCF)ccc21. The Bertz CT molecular complexity index is 340. The van der Waals surface area contributed by atoms with Crippen LogP contribution in [0, 0.1) is 0 Å². The van der Waals surface area contributed by atoms with Gasteiger partial charge in [0.05, 0.1) is 0 Å². The molecule has 0 radical (unpaired) electrons. The minimum atomic E-state index is -0.448. The van der Waals surface area contributed by atoms with Crippen molar-refractivity contribution in [2.75, 3.05) is 13.3 Å². The summed E-state index contributed by atoms with van der Waals surface area (Å²) >= 11 is 0. The molecule has 0 heterocycles. The van der Waals surface area contributed by atoms with Gasteiger partial charge in [-0.1, -0.05) is 6.07 Å². The molecule has 0 fully saturated rings. The lowest BCUT2D eigenvalue weighted by molar-refractivity contribution is 0.273. The van der Waals surface area contributed by atoms with Gasteiger partial charge in [0.25, 0.3) is 0 Å². The second-order valence-corrected chi connectivity index (χ2v) is 3.90. The van der Waals surface area contributed by atoms with Crippen molar-refractivity contribution < 1.29 is 9.13 Å². The Hall–Kier alpha value is -1.09. The predicted molar refractivity (Wildman–Crippen MR) is 57.8 cm³/mol. The highest BCUT2D eigenvalue weighted by molar-refractivity contribution is 5.38. The largest absolute Gasteiger partial charge is 0.491 e. The first-order valence-electron chi connectivity index (χ1n) is 5.38. The van der Waals surface area contributed by atoms with Crippen molar-refractivity contribution in [1.29, 1.82) is 0 Å². The highest BCUT2D eigenvalue weighted by Gasteiger charge is 2.16. The normalized spacial score (nSPS) is 19.7. The summed E-state index contributed by atoms with van der Waals surface area (Å²) in [5, 5.41) is 0. The van der Waals surface area contributed by atoms with E-state index in [1.165, 1.54) is 11.1 Å².